The fourth-order valence-corrected chi connectivity index (χ4v) is 2.85. The lowest BCUT2D eigenvalue weighted by Crippen LogP contribution is -2.34. The molecule has 0 aliphatic heterocycles. The molecule has 1 aromatic carbocycles. The summed E-state index contributed by atoms with van der Waals surface area (Å²) in [6.45, 7) is 5.90. The Labute approximate surface area is 152 Å². The first-order valence-electron chi connectivity index (χ1n) is 8.73. The van der Waals surface area contributed by atoms with E-state index in [0.717, 1.165) is 16.6 Å². The Bertz CT molecular complexity index is 930. The summed E-state index contributed by atoms with van der Waals surface area (Å²) in [7, 11) is 0. The zero-order chi connectivity index (χ0) is 18.7. The molecule has 2 aromatic heterocycles. The first-order valence-corrected chi connectivity index (χ1v) is 8.73. The highest BCUT2D eigenvalue weighted by atomic mass is 16.3. The molecule has 0 saturated heterocycles. The minimum Gasteiger partial charge on any atom is -0.461 e. The van der Waals surface area contributed by atoms with Crippen LogP contribution in [0.4, 0.5) is 0 Å². The molecule has 2 heterocycles. The van der Waals surface area contributed by atoms with Crippen LogP contribution in [0.1, 0.15) is 59.7 Å². The van der Waals surface area contributed by atoms with Gasteiger partial charge >= 0.3 is 0 Å². The quantitative estimate of drug-likeness (QED) is 0.671. The maximum atomic E-state index is 12.8. The number of nitrogens with zero attached hydrogens (tertiary/aromatic N) is 1. The monoisotopic (exact) mass is 350 g/mol. The number of aromatic nitrogens is 1. The van der Waals surface area contributed by atoms with E-state index < -0.39 is 0 Å². The van der Waals surface area contributed by atoms with E-state index in [1.807, 2.05) is 51.1 Å². The van der Waals surface area contributed by atoms with Gasteiger partial charge in [-0.25, -0.2) is 0 Å². The fraction of sp³-hybridized carbons (Fsp3) is 0.286. The molecule has 0 aliphatic rings. The second-order valence-electron chi connectivity index (χ2n) is 6.75. The topological polar surface area (TPSA) is 72.2 Å². The molecule has 0 bridgehead atoms. The molecule has 0 radical (unpaired) electrons. The van der Waals surface area contributed by atoms with Crippen molar-refractivity contribution in [2.45, 2.75) is 39.2 Å². The lowest BCUT2D eigenvalue weighted by molar-refractivity contribution is 0.0908. The van der Waals surface area contributed by atoms with Crippen molar-refractivity contribution in [3.05, 3.63) is 65.7 Å². The minimum atomic E-state index is -0.311. The minimum absolute atomic E-state index is 0.134. The van der Waals surface area contributed by atoms with Gasteiger partial charge in [-0.1, -0.05) is 32.0 Å². The van der Waals surface area contributed by atoms with Crippen molar-refractivity contribution in [2.75, 3.05) is 0 Å². The number of carbonyl (C=O) groups excluding carboxylic acids is 2. The standard InChI is InChI=1S/C21H22N2O3/c1-13(2)18-12-16(15-7-4-5-8-17(15)23-18)21(25)22-14(3)11-19(24)20-9-6-10-26-20/h4-10,12-14H,11H2,1-3H3,(H,22,25)/t14-/m0/s1. The van der Waals surface area contributed by atoms with Gasteiger partial charge in [0.2, 0.25) is 0 Å². The molecule has 26 heavy (non-hydrogen) atoms. The summed E-state index contributed by atoms with van der Waals surface area (Å²) in [5.41, 5.74) is 2.24. The molecule has 0 aliphatic carbocycles. The normalized spacial score (nSPS) is 12.3. The first-order chi connectivity index (χ1) is 12.5. The number of furan rings is 1. The molecule has 0 saturated carbocycles. The van der Waals surface area contributed by atoms with Gasteiger partial charge in [-0.2, -0.15) is 0 Å². The maximum Gasteiger partial charge on any atom is 0.252 e. The van der Waals surface area contributed by atoms with E-state index in [4.69, 9.17) is 4.42 Å². The van der Waals surface area contributed by atoms with Crippen molar-refractivity contribution < 1.29 is 14.0 Å². The highest BCUT2D eigenvalue weighted by molar-refractivity contribution is 6.06. The molecule has 3 rings (SSSR count). The van der Waals surface area contributed by atoms with Gasteiger partial charge in [0.1, 0.15) is 0 Å². The molecule has 1 N–H and O–H groups in total. The SMILES string of the molecule is CC(C)c1cc(C(=O)N[C@@H](C)CC(=O)c2ccco2)c2ccccc2n1. The van der Waals surface area contributed by atoms with Crippen LogP contribution in [0.15, 0.2) is 53.1 Å². The summed E-state index contributed by atoms with van der Waals surface area (Å²) < 4.78 is 5.12. The van der Waals surface area contributed by atoms with Crippen LogP contribution in [-0.2, 0) is 0 Å². The molecule has 1 atom stereocenters. The number of amides is 1. The number of rotatable bonds is 6. The zero-order valence-corrected chi connectivity index (χ0v) is 15.2. The van der Waals surface area contributed by atoms with Crippen LogP contribution in [0.3, 0.4) is 0 Å². The summed E-state index contributed by atoms with van der Waals surface area (Å²) in [6, 6.07) is 12.4. The van der Waals surface area contributed by atoms with Crippen LogP contribution in [0, 0.1) is 0 Å². The van der Waals surface area contributed by atoms with Crippen molar-refractivity contribution in [3.63, 3.8) is 0 Å². The van der Waals surface area contributed by atoms with Gasteiger partial charge in [0.15, 0.2) is 11.5 Å². The highest BCUT2D eigenvalue weighted by Gasteiger charge is 2.19. The van der Waals surface area contributed by atoms with Crippen LogP contribution in [0.5, 0.6) is 0 Å². The van der Waals surface area contributed by atoms with E-state index >= 15 is 0 Å². The Hall–Kier alpha value is -2.95. The lowest BCUT2D eigenvalue weighted by Gasteiger charge is -2.15. The number of hydrogen-bond acceptors (Lipinski definition) is 4. The summed E-state index contributed by atoms with van der Waals surface area (Å²) in [4.78, 5) is 29.6. The first kappa shape index (κ1) is 17.9. The third kappa shape index (κ3) is 3.82. The molecule has 0 fully saturated rings. The molecule has 5 heteroatoms. The summed E-state index contributed by atoms with van der Waals surface area (Å²) in [5.74, 6) is 0.183. The second-order valence-corrected chi connectivity index (χ2v) is 6.75. The fourth-order valence-electron chi connectivity index (χ4n) is 2.85. The Kier molecular flexibility index (Phi) is 5.16. The number of carbonyl (C=O) groups is 2. The van der Waals surface area contributed by atoms with Gasteiger partial charge in [-0.15, -0.1) is 0 Å². The van der Waals surface area contributed by atoms with Gasteiger partial charge in [-0.05, 0) is 37.1 Å². The number of nitrogens with one attached hydrogen (secondary N) is 1. The Morgan fingerprint density at radius 3 is 2.58 bits per heavy atom. The number of Topliss-reactive ketones (excluding diaryl/α,β-unsaturated/α-hetero) is 1. The van der Waals surface area contributed by atoms with Crippen molar-refractivity contribution in [1.82, 2.24) is 10.3 Å². The van der Waals surface area contributed by atoms with E-state index in [1.54, 1.807) is 12.1 Å². The Morgan fingerprint density at radius 1 is 1.12 bits per heavy atom. The van der Waals surface area contributed by atoms with E-state index in [-0.39, 0.29) is 30.1 Å². The Balaban J connectivity index is 1.82. The van der Waals surface area contributed by atoms with Crippen LogP contribution in [0.2, 0.25) is 0 Å². The van der Waals surface area contributed by atoms with Gasteiger partial charge in [0, 0.05) is 23.5 Å². The van der Waals surface area contributed by atoms with E-state index in [1.165, 1.54) is 6.26 Å². The van der Waals surface area contributed by atoms with E-state index in [0.29, 0.717) is 11.3 Å². The van der Waals surface area contributed by atoms with Crippen LogP contribution < -0.4 is 5.32 Å². The molecule has 0 spiro atoms. The largest absolute Gasteiger partial charge is 0.461 e. The van der Waals surface area contributed by atoms with Gasteiger partial charge < -0.3 is 9.73 Å². The zero-order valence-electron chi connectivity index (χ0n) is 15.2. The van der Waals surface area contributed by atoms with Crippen LogP contribution in [-0.4, -0.2) is 22.7 Å². The smallest absolute Gasteiger partial charge is 0.252 e. The second kappa shape index (κ2) is 7.52. The predicted molar refractivity (Wildman–Crippen MR) is 100 cm³/mol. The van der Waals surface area contributed by atoms with E-state index in [9.17, 15) is 9.59 Å². The number of pyridine rings is 1. The van der Waals surface area contributed by atoms with Crippen molar-refractivity contribution in [3.8, 4) is 0 Å². The molecular formula is C21H22N2O3. The lowest BCUT2D eigenvalue weighted by atomic mass is 10.0. The van der Waals surface area contributed by atoms with Crippen molar-refractivity contribution >= 4 is 22.6 Å². The molecule has 134 valence electrons. The maximum absolute atomic E-state index is 12.8. The van der Waals surface area contributed by atoms with Crippen molar-refractivity contribution in [2.24, 2.45) is 0 Å². The third-order valence-corrected chi connectivity index (χ3v) is 4.24. The molecule has 0 unspecified atom stereocenters. The molecular weight excluding hydrogens is 328 g/mol. The average Bonchev–Trinajstić information content (AvgIpc) is 3.15. The number of para-hydroxylation sites is 1. The van der Waals surface area contributed by atoms with Crippen LogP contribution >= 0.6 is 0 Å². The van der Waals surface area contributed by atoms with Crippen molar-refractivity contribution in [1.29, 1.82) is 0 Å². The summed E-state index contributed by atoms with van der Waals surface area (Å²) in [6.07, 6.45) is 1.65. The Morgan fingerprint density at radius 2 is 1.88 bits per heavy atom. The number of benzene rings is 1. The number of ketones is 1. The molecule has 5 nitrogen and oxygen atoms in total. The highest BCUT2D eigenvalue weighted by Crippen LogP contribution is 2.22. The third-order valence-electron chi connectivity index (χ3n) is 4.24. The summed E-state index contributed by atoms with van der Waals surface area (Å²) in [5, 5.41) is 3.72. The average molecular weight is 350 g/mol. The van der Waals surface area contributed by atoms with Gasteiger partial charge in [0.05, 0.1) is 17.3 Å². The number of fused-ring (bicyclic) bond motifs is 1. The van der Waals surface area contributed by atoms with Gasteiger partial charge in [0.25, 0.3) is 5.91 Å². The number of hydrogen-bond donors (Lipinski definition) is 1. The summed E-state index contributed by atoms with van der Waals surface area (Å²) >= 11 is 0. The molecule has 1 amide bonds. The molecule has 3 aromatic rings. The van der Waals surface area contributed by atoms with Crippen LogP contribution in [0.25, 0.3) is 10.9 Å². The predicted octanol–water partition coefficient (Wildman–Crippen LogP) is 4.34. The van der Waals surface area contributed by atoms with E-state index in [2.05, 4.69) is 10.3 Å². The van der Waals surface area contributed by atoms with Gasteiger partial charge in [-0.3, -0.25) is 14.6 Å².